The van der Waals surface area contributed by atoms with Crippen LogP contribution in [-0.2, 0) is 0 Å². The quantitative estimate of drug-likeness (QED) is 0.890. The van der Waals surface area contributed by atoms with Crippen LogP contribution < -0.4 is 4.90 Å². The van der Waals surface area contributed by atoms with Crippen molar-refractivity contribution in [2.75, 3.05) is 31.6 Å². The molecule has 1 aliphatic rings. The van der Waals surface area contributed by atoms with Gasteiger partial charge in [-0.1, -0.05) is 6.07 Å². The standard InChI is InChI=1S/C14H19FN2O2/c1-10-9-16(2)7-4-8-17(10)12-6-3-5-11(15)13(12)14(18)19/h3,5-6,10H,4,7-9H2,1-2H3,(H,18,19). The average molecular weight is 266 g/mol. The molecular formula is C14H19FN2O2. The summed E-state index contributed by atoms with van der Waals surface area (Å²) >= 11 is 0. The van der Waals surface area contributed by atoms with Crippen molar-refractivity contribution in [3.63, 3.8) is 0 Å². The van der Waals surface area contributed by atoms with E-state index in [9.17, 15) is 14.3 Å². The van der Waals surface area contributed by atoms with Crippen molar-refractivity contribution in [3.8, 4) is 0 Å². The number of rotatable bonds is 2. The highest BCUT2D eigenvalue weighted by atomic mass is 19.1. The molecule has 2 rings (SSSR count). The number of hydrogen-bond acceptors (Lipinski definition) is 3. The first-order valence-corrected chi connectivity index (χ1v) is 6.47. The molecule has 1 heterocycles. The second-order valence-corrected chi connectivity index (χ2v) is 5.10. The van der Waals surface area contributed by atoms with Gasteiger partial charge in [0, 0.05) is 19.1 Å². The van der Waals surface area contributed by atoms with Crippen LogP contribution in [0.1, 0.15) is 23.7 Å². The molecule has 4 nitrogen and oxygen atoms in total. The van der Waals surface area contributed by atoms with Crippen molar-refractivity contribution in [3.05, 3.63) is 29.6 Å². The number of nitrogens with zero attached hydrogens (tertiary/aromatic N) is 2. The molecule has 1 aromatic carbocycles. The van der Waals surface area contributed by atoms with E-state index >= 15 is 0 Å². The van der Waals surface area contributed by atoms with E-state index in [1.54, 1.807) is 12.1 Å². The van der Waals surface area contributed by atoms with E-state index in [1.165, 1.54) is 6.07 Å². The molecule has 0 spiro atoms. The van der Waals surface area contributed by atoms with E-state index in [0.29, 0.717) is 5.69 Å². The van der Waals surface area contributed by atoms with Crippen LogP contribution in [0.25, 0.3) is 0 Å². The molecule has 1 fully saturated rings. The summed E-state index contributed by atoms with van der Waals surface area (Å²) in [4.78, 5) is 15.5. The lowest BCUT2D eigenvalue weighted by molar-refractivity contribution is 0.0692. The number of halogens is 1. The third-order valence-corrected chi connectivity index (χ3v) is 3.56. The molecular weight excluding hydrogens is 247 g/mol. The first-order valence-electron chi connectivity index (χ1n) is 6.47. The second kappa shape index (κ2) is 5.57. The largest absolute Gasteiger partial charge is 0.478 e. The number of anilines is 1. The van der Waals surface area contributed by atoms with Crippen molar-refractivity contribution < 1.29 is 14.3 Å². The second-order valence-electron chi connectivity index (χ2n) is 5.10. The van der Waals surface area contributed by atoms with Gasteiger partial charge in [-0.2, -0.15) is 0 Å². The van der Waals surface area contributed by atoms with Gasteiger partial charge in [0.15, 0.2) is 0 Å². The smallest absolute Gasteiger partial charge is 0.340 e. The molecule has 0 aromatic heterocycles. The Labute approximate surface area is 112 Å². The van der Waals surface area contributed by atoms with Gasteiger partial charge in [0.05, 0.1) is 5.69 Å². The monoisotopic (exact) mass is 266 g/mol. The minimum absolute atomic E-state index is 0.160. The fourth-order valence-electron chi connectivity index (χ4n) is 2.69. The van der Waals surface area contributed by atoms with Gasteiger partial charge in [-0.3, -0.25) is 0 Å². The molecule has 19 heavy (non-hydrogen) atoms. The Morgan fingerprint density at radius 2 is 2.16 bits per heavy atom. The third kappa shape index (κ3) is 2.87. The van der Waals surface area contributed by atoms with Crippen LogP contribution in [0.5, 0.6) is 0 Å². The number of hydrogen-bond donors (Lipinski definition) is 1. The predicted octanol–water partition coefficient (Wildman–Crippen LogP) is 2.05. The lowest BCUT2D eigenvalue weighted by Gasteiger charge is -2.31. The molecule has 0 bridgehead atoms. The maximum atomic E-state index is 13.7. The number of benzene rings is 1. The van der Waals surface area contributed by atoms with Crippen LogP contribution in [0.15, 0.2) is 18.2 Å². The normalized spacial score (nSPS) is 21.2. The Morgan fingerprint density at radius 3 is 2.84 bits per heavy atom. The lowest BCUT2D eigenvalue weighted by atomic mass is 10.1. The summed E-state index contributed by atoms with van der Waals surface area (Å²) in [7, 11) is 2.05. The summed E-state index contributed by atoms with van der Waals surface area (Å²) in [6.07, 6.45) is 0.941. The highest BCUT2D eigenvalue weighted by molar-refractivity contribution is 5.94. The molecule has 0 saturated carbocycles. The van der Waals surface area contributed by atoms with Gasteiger partial charge in [0.1, 0.15) is 11.4 Å². The average Bonchev–Trinajstić information content (AvgIpc) is 2.49. The van der Waals surface area contributed by atoms with Crippen LogP contribution >= 0.6 is 0 Å². The first-order chi connectivity index (χ1) is 9.00. The minimum atomic E-state index is -1.21. The molecule has 104 valence electrons. The van der Waals surface area contributed by atoms with Crippen molar-refractivity contribution in [1.82, 2.24) is 4.90 Å². The number of carbonyl (C=O) groups is 1. The Hall–Kier alpha value is -1.62. The van der Waals surface area contributed by atoms with E-state index in [-0.39, 0.29) is 11.6 Å². The van der Waals surface area contributed by atoms with Gasteiger partial charge in [-0.25, -0.2) is 9.18 Å². The zero-order valence-corrected chi connectivity index (χ0v) is 11.3. The number of carboxylic acid groups (broad SMARTS) is 1. The molecule has 0 amide bonds. The van der Waals surface area contributed by atoms with Crippen LogP contribution in [0.4, 0.5) is 10.1 Å². The maximum absolute atomic E-state index is 13.7. The highest BCUT2D eigenvalue weighted by Gasteiger charge is 2.25. The minimum Gasteiger partial charge on any atom is -0.478 e. The summed E-state index contributed by atoms with van der Waals surface area (Å²) in [5, 5.41) is 9.21. The Bertz CT molecular complexity index is 479. The van der Waals surface area contributed by atoms with Crippen molar-refractivity contribution in [2.24, 2.45) is 0 Å². The number of likely N-dealkylation sites (N-methyl/N-ethyl adjacent to an activating group) is 1. The van der Waals surface area contributed by atoms with E-state index in [1.807, 2.05) is 18.9 Å². The summed E-state index contributed by atoms with van der Waals surface area (Å²) in [5.41, 5.74) is 0.259. The van der Waals surface area contributed by atoms with E-state index < -0.39 is 11.8 Å². The molecule has 1 aromatic rings. The topological polar surface area (TPSA) is 43.8 Å². The van der Waals surface area contributed by atoms with Gasteiger partial charge >= 0.3 is 5.97 Å². The van der Waals surface area contributed by atoms with Gasteiger partial charge in [-0.15, -0.1) is 0 Å². The van der Waals surface area contributed by atoms with Crippen molar-refractivity contribution >= 4 is 11.7 Å². The molecule has 5 heteroatoms. The fraction of sp³-hybridized carbons (Fsp3) is 0.500. The SMILES string of the molecule is CC1CN(C)CCCN1c1cccc(F)c1C(=O)O. The van der Waals surface area contributed by atoms with Crippen molar-refractivity contribution in [1.29, 1.82) is 0 Å². The van der Waals surface area contributed by atoms with Crippen LogP contribution in [-0.4, -0.2) is 48.7 Å². The van der Waals surface area contributed by atoms with Crippen LogP contribution in [0, 0.1) is 5.82 Å². The van der Waals surface area contributed by atoms with Crippen LogP contribution in [0.3, 0.4) is 0 Å². The fourth-order valence-corrected chi connectivity index (χ4v) is 2.69. The van der Waals surface area contributed by atoms with Gasteiger partial charge in [-0.05, 0) is 39.1 Å². The third-order valence-electron chi connectivity index (χ3n) is 3.56. The van der Waals surface area contributed by atoms with E-state index in [0.717, 1.165) is 26.1 Å². The summed E-state index contributed by atoms with van der Waals surface area (Å²) in [6.45, 7) is 4.60. The Morgan fingerprint density at radius 1 is 1.42 bits per heavy atom. The molecule has 1 N–H and O–H groups in total. The van der Waals surface area contributed by atoms with E-state index in [4.69, 9.17) is 0 Å². The van der Waals surface area contributed by atoms with Crippen LogP contribution in [0.2, 0.25) is 0 Å². The summed E-state index contributed by atoms with van der Waals surface area (Å²) in [5.74, 6) is -1.88. The predicted molar refractivity (Wildman–Crippen MR) is 72.3 cm³/mol. The van der Waals surface area contributed by atoms with Gasteiger partial charge in [0.2, 0.25) is 0 Å². The molecule has 1 saturated heterocycles. The summed E-state index contributed by atoms with van der Waals surface area (Å²) in [6, 6.07) is 4.61. The number of carboxylic acids is 1. The highest BCUT2D eigenvalue weighted by Crippen LogP contribution is 2.26. The van der Waals surface area contributed by atoms with E-state index in [2.05, 4.69) is 4.90 Å². The Kier molecular flexibility index (Phi) is 4.04. The lowest BCUT2D eigenvalue weighted by Crippen LogP contribution is -2.38. The molecule has 1 aliphatic heterocycles. The zero-order chi connectivity index (χ0) is 14.0. The molecule has 0 aliphatic carbocycles. The molecule has 1 atom stereocenters. The van der Waals surface area contributed by atoms with Crippen molar-refractivity contribution in [2.45, 2.75) is 19.4 Å². The maximum Gasteiger partial charge on any atom is 0.340 e. The molecule has 0 radical (unpaired) electrons. The first kappa shape index (κ1) is 13.8. The number of aromatic carboxylic acids is 1. The Balaban J connectivity index is 2.40. The van der Waals surface area contributed by atoms with Gasteiger partial charge < -0.3 is 14.9 Å². The summed E-state index contributed by atoms with van der Waals surface area (Å²) < 4.78 is 13.7. The molecule has 1 unspecified atom stereocenters. The zero-order valence-electron chi connectivity index (χ0n) is 11.3. The van der Waals surface area contributed by atoms with Gasteiger partial charge in [0.25, 0.3) is 0 Å².